The largest absolute Gasteiger partial charge is 0.508 e. The summed E-state index contributed by atoms with van der Waals surface area (Å²) < 4.78 is 0. The zero-order chi connectivity index (χ0) is 91.3. The van der Waals surface area contributed by atoms with Crippen molar-refractivity contribution in [2.45, 2.75) is 268 Å². The van der Waals surface area contributed by atoms with Crippen molar-refractivity contribution in [2.24, 2.45) is 57.7 Å². The van der Waals surface area contributed by atoms with Crippen molar-refractivity contribution in [1.82, 2.24) is 63.8 Å². The van der Waals surface area contributed by atoms with E-state index in [0.717, 1.165) is 0 Å². The summed E-state index contributed by atoms with van der Waals surface area (Å²) >= 11 is 0. The second-order valence-corrected chi connectivity index (χ2v) is 32.0. The molecular formula is C83H140B2N20O18. The van der Waals surface area contributed by atoms with E-state index in [0.29, 0.717) is 89.4 Å². The summed E-state index contributed by atoms with van der Waals surface area (Å²) in [4.78, 5) is 184. The van der Waals surface area contributed by atoms with Crippen LogP contribution in [0.1, 0.15) is 221 Å². The van der Waals surface area contributed by atoms with E-state index in [-0.39, 0.29) is 182 Å². The second-order valence-electron chi connectivity index (χ2n) is 32.0. The van der Waals surface area contributed by atoms with Gasteiger partial charge in [-0.05, 0) is 252 Å². The number of carbonyl (C=O) groups excluding carboxylic acids is 13. The first kappa shape index (κ1) is 107. The van der Waals surface area contributed by atoms with E-state index in [1.54, 1.807) is 13.8 Å². The number of hydrogen-bond donors (Lipinski definition) is 25. The highest BCUT2D eigenvalue weighted by molar-refractivity contribution is 6.59. The fourth-order valence-corrected chi connectivity index (χ4v) is 13.3. The molecule has 33 N–H and O–H groups in total. The molecular weight excluding hydrogens is 1590 g/mol. The van der Waals surface area contributed by atoms with Gasteiger partial charge in [-0.2, -0.15) is 0 Å². The average Bonchev–Trinajstić information content (AvgIpc) is 0.875. The molecule has 123 heavy (non-hydrogen) atoms. The lowest BCUT2D eigenvalue weighted by molar-refractivity contribution is -0.136. The zero-order valence-electron chi connectivity index (χ0n) is 72.0. The highest BCUT2D eigenvalue weighted by Crippen LogP contribution is 2.17. The van der Waals surface area contributed by atoms with Gasteiger partial charge in [0.1, 0.15) is 60.1 Å². The third-order valence-electron chi connectivity index (χ3n) is 20.5. The van der Waals surface area contributed by atoms with E-state index < -0.39 is 157 Å². The lowest BCUT2D eigenvalue weighted by Gasteiger charge is -2.28. The maximum atomic E-state index is 15.3. The van der Waals surface area contributed by atoms with Crippen molar-refractivity contribution < 1.29 is 87.5 Å². The number of rotatable bonds is 65. The predicted molar refractivity (Wildman–Crippen MR) is 470 cm³/mol. The standard InChI is InChI=1S/C83H140B2N20O18/c1-52(2)49-69(104-81(117)62(23-7-15-43-88)97-74(110)60(91)21-5-13-41-86)76(112)96-48-20-12-27-66(102-83(119)70(50-53(3)4)105-82(118)63(24-8-16-44-89)98-75(111)61(92)22-6-14-42-87)79(115)99-64(25-9-17-45-90)77(113)100-65(26-10-18-46-94-72(108)55-31-35-57(36-32-55)84(120)121)78(114)101-67(80(116)103-68(71(93)107)51-54-29-39-59(106)40-30-54)28-11-19-47-95-73(109)56-33-37-58(38-34-56)85(122)123/h29-40,52-53,60-70,106,120-123H,5-28,41-51,86-92H2,1-4H3,(H2,93,107)(H,94,108)(H,95,109)(H,96,112)(H,97,110)(H,98,111)(H,99,115)(H,100,113)(H,101,114)(H,102,119)(H,103,116)(H,104,117)(H,105,118)/t60-,61-,62-,63-,64-,65-,66-,67-,68-,69-,70-/m0/s1. The number of primary amides is 1. The van der Waals surface area contributed by atoms with Crippen LogP contribution in [0.3, 0.4) is 0 Å². The molecule has 0 aliphatic rings. The van der Waals surface area contributed by atoms with Gasteiger partial charge in [0.2, 0.25) is 65.0 Å². The molecule has 0 aromatic heterocycles. The molecule has 13 amide bonds. The monoisotopic (exact) mass is 1730 g/mol. The first-order valence-electron chi connectivity index (χ1n) is 43.3. The molecule has 0 heterocycles. The molecule has 0 radical (unpaired) electrons. The fourth-order valence-electron chi connectivity index (χ4n) is 13.3. The minimum Gasteiger partial charge on any atom is -0.508 e. The van der Waals surface area contributed by atoms with Gasteiger partial charge in [-0.1, -0.05) is 76.9 Å². The molecule has 0 saturated heterocycles. The fraction of sp³-hybridized carbons (Fsp3) is 0.627. The van der Waals surface area contributed by atoms with Crippen molar-refractivity contribution in [3.8, 4) is 5.75 Å². The SMILES string of the molecule is CC(C)C[C@H](NC(=O)[C@H](CCCCN)NC(=O)[C@@H](N)CCCCN)C(=O)NCCCC[C@H](NC(=O)[C@H](CC(C)C)NC(=O)[C@H](CCCCN)NC(=O)[C@@H](N)CCCCN)C(=O)N[C@@H](CCCCN)C(=O)N[C@@H](CCCCNC(=O)c1ccc(B(O)O)cc1)C(=O)N[C@@H](CCCCNC(=O)c1ccc(B(O)O)cc1)C(=O)N[C@@H](Cc1ccc(O)cc1)C(N)=O. The number of nitrogens with two attached hydrogens (primary N) is 8. The molecule has 0 fully saturated rings. The van der Waals surface area contributed by atoms with Crippen molar-refractivity contribution in [1.29, 1.82) is 0 Å². The number of unbranched alkanes of at least 4 members (excludes halogenated alkanes) is 8. The second kappa shape index (κ2) is 60.7. The Labute approximate surface area is 722 Å². The Morgan fingerprint density at radius 1 is 0.309 bits per heavy atom. The van der Waals surface area contributed by atoms with Crippen LogP contribution >= 0.6 is 0 Å². The smallest absolute Gasteiger partial charge is 0.488 e. The minimum absolute atomic E-state index is 0.0189. The maximum Gasteiger partial charge on any atom is 0.488 e. The van der Waals surface area contributed by atoms with Crippen LogP contribution in [0, 0.1) is 11.8 Å². The van der Waals surface area contributed by atoms with E-state index in [2.05, 4.69) is 63.8 Å². The summed E-state index contributed by atoms with van der Waals surface area (Å²) in [7, 11) is -3.55. The van der Waals surface area contributed by atoms with Gasteiger partial charge in [-0.15, -0.1) is 0 Å². The van der Waals surface area contributed by atoms with Crippen LogP contribution in [0.15, 0.2) is 72.8 Å². The Morgan fingerprint density at radius 3 is 0.846 bits per heavy atom. The average molecular weight is 1730 g/mol. The maximum absolute atomic E-state index is 15.3. The Bertz CT molecular complexity index is 3710. The lowest BCUT2D eigenvalue weighted by atomic mass is 9.80. The summed E-state index contributed by atoms with van der Waals surface area (Å²) in [5, 5.41) is 81.7. The number of phenolic OH excluding ortho intramolecular Hbond substituents is 1. The van der Waals surface area contributed by atoms with Crippen LogP contribution in [-0.2, 0) is 59.2 Å². The van der Waals surface area contributed by atoms with E-state index in [1.165, 1.54) is 72.8 Å². The highest BCUT2D eigenvalue weighted by atomic mass is 16.4. The van der Waals surface area contributed by atoms with Gasteiger partial charge in [0.05, 0.1) is 12.1 Å². The zero-order valence-corrected chi connectivity index (χ0v) is 72.0. The minimum atomic E-state index is -1.78. The van der Waals surface area contributed by atoms with Gasteiger partial charge >= 0.3 is 14.2 Å². The quantitative estimate of drug-likeness (QED) is 0.0189. The number of hydrogen-bond acceptors (Lipinski definition) is 25. The van der Waals surface area contributed by atoms with E-state index >= 15 is 19.2 Å². The summed E-state index contributed by atoms with van der Waals surface area (Å²) in [5.41, 5.74) is 48.5. The Kier molecular flexibility index (Phi) is 53.1. The summed E-state index contributed by atoms with van der Waals surface area (Å²) in [5.74, 6) is -9.91. The van der Waals surface area contributed by atoms with E-state index in [1.807, 2.05) is 13.8 Å². The highest BCUT2D eigenvalue weighted by Gasteiger charge is 2.36. The molecule has 0 spiro atoms. The molecule has 0 bridgehead atoms. The summed E-state index contributed by atoms with van der Waals surface area (Å²) in [6, 6.07) is 2.92. The lowest BCUT2D eigenvalue weighted by Crippen LogP contribution is -2.60. The molecule has 0 aliphatic heterocycles. The summed E-state index contributed by atoms with van der Waals surface area (Å²) in [6.45, 7) is 8.94. The van der Waals surface area contributed by atoms with Gasteiger partial charge < -0.3 is 135 Å². The van der Waals surface area contributed by atoms with Crippen LogP contribution in [0.5, 0.6) is 5.75 Å². The Morgan fingerprint density at radius 2 is 0.561 bits per heavy atom. The van der Waals surface area contributed by atoms with Crippen molar-refractivity contribution in [3.63, 3.8) is 0 Å². The van der Waals surface area contributed by atoms with Gasteiger partial charge in [0, 0.05) is 37.2 Å². The van der Waals surface area contributed by atoms with Crippen molar-refractivity contribution in [3.05, 3.63) is 89.5 Å². The summed E-state index contributed by atoms with van der Waals surface area (Å²) in [6.07, 6.45) is 6.23. The predicted octanol–water partition coefficient (Wildman–Crippen LogP) is -3.98. The molecule has 686 valence electrons. The normalized spacial score (nSPS) is 13.9. The third-order valence-corrected chi connectivity index (χ3v) is 20.5. The number of carbonyl (C=O) groups is 13. The van der Waals surface area contributed by atoms with Crippen LogP contribution < -0.4 is 121 Å². The van der Waals surface area contributed by atoms with Crippen molar-refractivity contribution in [2.75, 3.05) is 52.4 Å². The number of phenols is 1. The van der Waals surface area contributed by atoms with Gasteiger partial charge in [0.15, 0.2) is 0 Å². The molecule has 40 heteroatoms. The molecule has 38 nitrogen and oxygen atoms in total. The molecule has 0 aliphatic carbocycles. The molecule has 0 unspecified atom stereocenters. The van der Waals surface area contributed by atoms with Crippen LogP contribution in [0.25, 0.3) is 0 Å². The van der Waals surface area contributed by atoms with Crippen LogP contribution in [0.4, 0.5) is 0 Å². The topological polar surface area (TPSA) is 676 Å². The number of aromatic hydroxyl groups is 1. The Balaban J connectivity index is 2.16. The van der Waals surface area contributed by atoms with E-state index in [4.69, 9.17) is 45.9 Å². The van der Waals surface area contributed by atoms with Crippen LogP contribution in [-0.4, -0.2) is 235 Å². The number of nitrogens with one attached hydrogen (secondary N) is 12. The molecule has 11 atom stereocenters. The molecule has 3 rings (SSSR count). The van der Waals surface area contributed by atoms with Gasteiger partial charge in [-0.3, -0.25) is 62.3 Å². The van der Waals surface area contributed by atoms with Gasteiger partial charge in [0.25, 0.3) is 11.8 Å². The number of benzene rings is 3. The molecule has 3 aromatic rings. The Hall–Kier alpha value is -9.74. The third kappa shape index (κ3) is 43.4. The molecule has 3 aromatic carbocycles. The first-order valence-corrected chi connectivity index (χ1v) is 43.3. The molecule has 0 saturated carbocycles. The van der Waals surface area contributed by atoms with Crippen molar-refractivity contribution >= 4 is 102 Å². The van der Waals surface area contributed by atoms with Gasteiger partial charge in [-0.25, -0.2) is 0 Å². The first-order chi connectivity index (χ1) is 58.7. The van der Waals surface area contributed by atoms with Crippen LogP contribution in [0.2, 0.25) is 0 Å². The van der Waals surface area contributed by atoms with E-state index in [9.17, 15) is 68.4 Å². The number of amides is 13.